The van der Waals surface area contributed by atoms with E-state index in [1.807, 2.05) is 24.3 Å². The number of carbonyl (C=O) groups excluding carboxylic acids is 1. The van der Waals surface area contributed by atoms with E-state index in [0.29, 0.717) is 5.69 Å². The number of aromatic hydroxyl groups is 2. The van der Waals surface area contributed by atoms with E-state index in [-0.39, 0.29) is 11.3 Å². The molecule has 0 fully saturated rings. The van der Waals surface area contributed by atoms with Gasteiger partial charge in [0.1, 0.15) is 0 Å². The summed E-state index contributed by atoms with van der Waals surface area (Å²) in [5, 5.41) is 23.5. The first kappa shape index (κ1) is 38.0. The Morgan fingerprint density at radius 1 is 0.468 bits per heavy atom. The Bertz CT molecular complexity index is 3270. The number of fused-ring (bicyclic) bond motifs is 8. The minimum absolute atomic E-state index is 0.0391. The summed E-state index contributed by atoms with van der Waals surface area (Å²) in [5.74, 6) is -1.41. The van der Waals surface area contributed by atoms with E-state index < -0.39 is 11.7 Å². The maximum atomic E-state index is 13.4. The highest BCUT2D eigenvalue weighted by Gasteiger charge is 2.20. The molecule has 5 N–H and O–H groups in total. The van der Waals surface area contributed by atoms with Gasteiger partial charge < -0.3 is 25.5 Å². The Morgan fingerprint density at radius 2 is 0.855 bits per heavy atom. The first-order valence-electron chi connectivity index (χ1n) is 20.5. The van der Waals surface area contributed by atoms with E-state index in [1.165, 1.54) is 23.8 Å². The Balaban J connectivity index is 1.29. The normalized spacial score (nSPS) is 11.9. The number of amides is 1. The molecule has 8 heteroatoms. The summed E-state index contributed by atoms with van der Waals surface area (Å²) < 4.78 is 0. The van der Waals surface area contributed by atoms with Crippen molar-refractivity contribution in [1.82, 2.24) is 19.9 Å². The number of carbonyl (C=O) groups is 1. The Labute approximate surface area is 358 Å². The van der Waals surface area contributed by atoms with Crippen LogP contribution in [0.5, 0.6) is 11.5 Å². The van der Waals surface area contributed by atoms with Gasteiger partial charge in [0.2, 0.25) is 0 Å². The van der Waals surface area contributed by atoms with Crippen LogP contribution in [-0.4, -0.2) is 36.1 Å². The van der Waals surface area contributed by atoms with Crippen LogP contribution < -0.4 is 5.32 Å². The number of phenolic OH excluding ortho intramolecular Hbond substituents is 2. The molecule has 3 aromatic heterocycles. The monoisotopic (exact) mass is 807 g/mol. The highest BCUT2D eigenvalue weighted by atomic mass is 16.3. The van der Waals surface area contributed by atoms with Crippen molar-refractivity contribution in [3.8, 4) is 56.0 Å². The number of aromatic nitrogens is 4. The molecule has 8 aromatic rings. The fourth-order valence-corrected chi connectivity index (χ4v) is 8.25. The second-order valence-corrected chi connectivity index (χ2v) is 15.8. The molecular weight excluding hydrogens is 767 g/mol. The summed E-state index contributed by atoms with van der Waals surface area (Å²) >= 11 is 0. The van der Waals surface area contributed by atoms with Crippen molar-refractivity contribution in [3.63, 3.8) is 0 Å². The van der Waals surface area contributed by atoms with Crippen LogP contribution in [0.15, 0.2) is 140 Å². The van der Waals surface area contributed by atoms with Gasteiger partial charge in [0.05, 0.1) is 28.3 Å². The highest BCUT2D eigenvalue weighted by molar-refractivity contribution is 6.07. The molecule has 0 atom stereocenters. The maximum Gasteiger partial charge on any atom is 0.259 e. The van der Waals surface area contributed by atoms with Gasteiger partial charge in [-0.25, -0.2) is 9.97 Å². The summed E-state index contributed by atoms with van der Waals surface area (Å²) in [5.41, 5.74) is 18.2. The number of rotatable bonds is 6. The third kappa shape index (κ3) is 7.03. The van der Waals surface area contributed by atoms with Crippen LogP contribution in [0, 0.1) is 20.8 Å². The largest absolute Gasteiger partial charge is 0.504 e. The van der Waals surface area contributed by atoms with Gasteiger partial charge in [-0.1, -0.05) is 108 Å². The predicted octanol–water partition coefficient (Wildman–Crippen LogP) is 12.9. The quantitative estimate of drug-likeness (QED) is 0.107. The fourth-order valence-electron chi connectivity index (χ4n) is 8.25. The van der Waals surface area contributed by atoms with E-state index in [4.69, 9.17) is 9.97 Å². The van der Waals surface area contributed by atoms with Gasteiger partial charge in [0.25, 0.3) is 5.91 Å². The lowest BCUT2D eigenvalue weighted by atomic mass is 10.0. The summed E-state index contributed by atoms with van der Waals surface area (Å²) in [7, 11) is 0. The number of aryl methyl sites for hydroxylation is 3. The lowest BCUT2D eigenvalue weighted by molar-refractivity contribution is 0.102. The molecule has 8 bridgehead atoms. The zero-order valence-electron chi connectivity index (χ0n) is 34.3. The topological polar surface area (TPSA) is 127 Å². The molecule has 62 heavy (non-hydrogen) atoms. The number of para-hydroxylation sites is 1. The first-order chi connectivity index (χ1) is 30.2. The number of anilines is 1. The first-order valence-corrected chi connectivity index (χ1v) is 20.5. The number of hydrogen-bond acceptors (Lipinski definition) is 5. The van der Waals surface area contributed by atoms with E-state index in [1.54, 1.807) is 6.07 Å². The van der Waals surface area contributed by atoms with Crippen LogP contribution in [-0.2, 0) is 0 Å². The van der Waals surface area contributed by atoms with E-state index >= 15 is 0 Å². The molecule has 0 saturated carbocycles. The number of H-pyrrole nitrogens is 2. The van der Waals surface area contributed by atoms with Crippen molar-refractivity contribution < 1.29 is 15.0 Å². The van der Waals surface area contributed by atoms with Crippen molar-refractivity contribution in [2.75, 3.05) is 5.32 Å². The van der Waals surface area contributed by atoms with Crippen LogP contribution in [0.2, 0.25) is 0 Å². The van der Waals surface area contributed by atoms with E-state index in [2.05, 4.69) is 151 Å². The van der Waals surface area contributed by atoms with Gasteiger partial charge >= 0.3 is 0 Å². The minimum atomic E-state index is -0.557. The molecule has 1 amide bonds. The minimum Gasteiger partial charge on any atom is -0.504 e. The number of nitrogens with zero attached hydrogens (tertiary/aromatic N) is 2. The summed E-state index contributed by atoms with van der Waals surface area (Å²) in [6.45, 7) is 6.26. The average molecular weight is 808 g/mol. The molecule has 10 rings (SSSR count). The van der Waals surface area contributed by atoms with Crippen LogP contribution >= 0.6 is 0 Å². The molecule has 2 aliphatic rings. The number of benzene rings is 5. The molecular formula is C54H41N5O3. The summed E-state index contributed by atoms with van der Waals surface area (Å²) in [4.78, 5) is 31.8. The molecule has 300 valence electrons. The third-order valence-electron chi connectivity index (χ3n) is 11.4. The zero-order valence-corrected chi connectivity index (χ0v) is 34.3. The Kier molecular flexibility index (Phi) is 9.45. The van der Waals surface area contributed by atoms with Crippen molar-refractivity contribution >= 4 is 58.0 Å². The van der Waals surface area contributed by atoms with Gasteiger partial charge in [-0.05, 0) is 116 Å². The molecule has 8 nitrogen and oxygen atoms in total. The summed E-state index contributed by atoms with van der Waals surface area (Å²) in [6.07, 6.45) is 8.29. The number of nitrogens with one attached hydrogen (secondary N) is 3. The molecule has 0 unspecified atom stereocenters. The van der Waals surface area contributed by atoms with Crippen molar-refractivity contribution in [2.45, 2.75) is 20.8 Å². The van der Waals surface area contributed by atoms with E-state index in [0.717, 1.165) is 100 Å². The lowest BCUT2D eigenvalue weighted by Gasteiger charge is -2.10. The van der Waals surface area contributed by atoms with Crippen molar-refractivity contribution in [1.29, 1.82) is 0 Å². The molecule has 0 spiro atoms. The van der Waals surface area contributed by atoms with Crippen LogP contribution in [0.4, 0.5) is 5.69 Å². The van der Waals surface area contributed by atoms with E-state index in [9.17, 15) is 15.0 Å². The van der Waals surface area contributed by atoms with Crippen molar-refractivity contribution in [3.05, 3.63) is 185 Å². The Morgan fingerprint density at radius 3 is 1.27 bits per heavy atom. The van der Waals surface area contributed by atoms with Gasteiger partial charge in [0.15, 0.2) is 11.5 Å². The van der Waals surface area contributed by atoms with Crippen molar-refractivity contribution in [2.24, 2.45) is 0 Å². The Hall–Kier alpha value is -8.23. The standard InChI is InChI=1S/C54H41N5O3/c1-31-10-16-34(17-11-31)49-40-22-24-42(56-40)50(35-18-12-32(2)13-19-35)44-26-28-46(58-44)52(37-6-4-7-38(30-37)55-54(62)39-8-5-9-48(60)53(39)61)47-29-27-45(59-47)51(43-25-23-41(49)57-43)36-20-14-33(3)15-21-36/h4-30,56,59-61H,1-3H3,(H,55,62). The van der Waals surface area contributed by atoms with Gasteiger partial charge in [-0.3, -0.25) is 4.79 Å². The van der Waals surface area contributed by atoms with Gasteiger partial charge in [-0.15, -0.1) is 0 Å². The average Bonchev–Trinajstić information content (AvgIpc) is 4.12. The summed E-state index contributed by atoms with van der Waals surface area (Å²) in [6, 6.07) is 45.8. The van der Waals surface area contributed by atoms with Gasteiger partial charge in [0, 0.05) is 50.0 Å². The molecule has 5 aromatic carbocycles. The van der Waals surface area contributed by atoms with Crippen LogP contribution in [0.1, 0.15) is 49.8 Å². The second-order valence-electron chi connectivity index (χ2n) is 15.8. The number of phenols is 2. The lowest BCUT2D eigenvalue weighted by Crippen LogP contribution is -2.12. The third-order valence-corrected chi connectivity index (χ3v) is 11.4. The highest BCUT2D eigenvalue weighted by Crippen LogP contribution is 2.39. The SMILES string of the molecule is Cc1ccc(-c2c3nc(c(-c4ccc(C)cc4)c4ccc([nH]4)c(-c4cccc(NC(=O)c5cccc(O)c5O)c4)c4nc(c(-c5ccc(C)cc5)c5ccc2[nH]5)C=C4)C=C3)cc1. The van der Waals surface area contributed by atoms with Crippen LogP contribution in [0.25, 0.3) is 90.9 Å². The smallest absolute Gasteiger partial charge is 0.259 e. The molecule has 0 saturated heterocycles. The molecule has 0 radical (unpaired) electrons. The zero-order chi connectivity index (χ0) is 42.5. The number of aromatic amines is 2. The maximum absolute atomic E-state index is 13.4. The number of hydrogen-bond donors (Lipinski definition) is 5. The predicted molar refractivity (Wildman–Crippen MR) is 253 cm³/mol. The second kappa shape index (κ2) is 15.4. The van der Waals surface area contributed by atoms with Gasteiger partial charge in [-0.2, -0.15) is 0 Å². The molecule has 0 aliphatic carbocycles. The fraction of sp³-hybridized carbons (Fsp3) is 0.0556. The molecule has 5 heterocycles. The molecule has 2 aliphatic heterocycles. The van der Waals surface area contributed by atoms with Crippen LogP contribution in [0.3, 0.4) is 0 Å².